The number of hydrogen-bond acceptors (Lipinski definition) is 8. The fourth-order valence-electron chi connectivity index (χ4n) is 2.84. The van der Waals surface area contributed by atoms with Gasteiger partial charge in [0.2, 0.25) is 11.9 Å². The highest BCUT2D eigenvalue weighted by Gasteiger charge is 2.18. The van der Waals surface area contributed by atoms with Gasteiger partial charge in [-0.25, -0.2) is 0 Å². The monoisotopic (exact) mass is 386 g/mol. The highest BCUT2D eigenvalue weighted by atomic mass is 16.5. The van der Waals surface area contributed by atoms with E-state index in [-0.39, 0.29) is 19.1 Å². The van der Waals surface area contributed by atoms with Crippen LogP contribution in [-0.4, -0.2) is 61.8 Å². The number of nitrogens with one attached hydrogen (secondary N) is 1. The number of anilines is 2. The average molecular weight is 386 g/mol. The summed E-state index contributed by atoms with van der Waals surface area (Å²) in [5, 5.41) is 2.80. The standard InChI is InChI=1S/C19H26N6O3/c1-24(2)18-21-16(22-19(23-18)25-10-6-7-11-25)12-20-17(26)13-28-15-9-5-4-8-14(15)27-3/h4-5,8-9H,6-7,10-13H2,1-3H3,(H,20,26). The van der Waals surface area contributed by atoms with Gasteiger partial charge in [0.05, 0.1) is 13.7 Å². The summed E-state index contributed by atoms with van der Waals surface area (Å²) in [5.74, 6) is 2.59. The molecule has 9 heteroatoms. The van der Waals surface area contributed by atoms with E-state index in [1.807, 2.05) is 31.1 Å². The number of para-hydroxylation sites is 2. The van der Waals surface area contributed by atoms with Crippen LogP contribution in [-0.2, 0) is 11.3 Å². The van der Waals surface area contributed by atoms with E-state index >= 15 is 0 Å². The second-order valence-corrected chi connectivity index (χ2v) is 6.66. The van der Waals surface area contributed by atoms with Crippen LogP contribution in [0.5, 0.6) is 11.5 Å². The molecular formula is C19H26N6O3. The number of nitrogens with zero attached hydrogens (tertiary/aromatic N) is 5. The lowest BCUT2D eigenvalue weighted by Gasteiger charge is -2.19. The smallest absolute Gasteiger partial charge is 0.258 e. The molecule has 0 spiro atoms. The van der Waals surface area contributed by atoms with Crippen LogP contribution in [0.25, 0.3) is 0 Å². The largest absolute Gasteiger partial charge is 0.493 e. The van der Waals surface area contributed by atoms with Gasteiger partial charge in [0.1, 0.15) is 0 Å². The van der Waals surface area contributed by atoms with E-state index in [1.165, 1.54) is 0 Å². The molecule has 1 N–H and O–H groups in total. The van der Waals surface area contributed by atoms with E-state index in [1.54, 1.807) is 19.2 Å². The van der Waals surface area contributed by atoms with Crippen molar-refractivity contribution in [2.75, 3.05) is 50.7 Å². The zero-order chi connectivity index (χ0) is 19.9. The Morgan fingerprint density at radius 1 is 1.14 bits per heavy atom. The third-order valence-electron chi connectivity index (χ3n) is 4.32. The Morgan fingerprint density at radius 3 is 2.54 bits per heavy atom. The number of carbonyl (C=O) groups excluding carboxylic acids is 1. The summed E-state index contributed by atoms with van der Waals surface area (Å²) in [7, 11) is 5.32. The fraction of sp³-hybridized carbons (Fsp3) is 0.474. The van der Waals surface area contributed by atoms with Crippen molar-refractivity contribution in [1.82, 2.24) is 20.3 Å². The third-order valence-corrected chi connectivity index (χ3v) is 4.32. The van der Waals surface area contributed by atoms with Crippen molar-refractivity contribution in [3.05, 3.63) is 30.1 Å². The van der Waals surface area contributed by atoms with Gasteiger partial charge in [-0.05, 0) is 25.0 Å². The van der Waals surface area contributed by atoms with Gasteiger partial charge in [-0.3, -0.25) is 4.79 Å². The second kappa shape index (κ2) is 9.20. The summed E-state index contributed by atoms with van der Waals surface area (Å²) in [6, 6.07) is 7.19. The van der Waals surface area contributed by atoms with Gasteiger partial charge in [0.15, 0.2) is 23.9 Å². The predicted octanol–water partition coefficient (Wildman–Crippen LogP) is 1.24. The topological polar surface area (TPSA) is 92.7 Å². The number of amides is 1. The summed E-state index contributed by atoms with van der Waals surface area (Å²) in [5.41, 5.74) is 0. The van der Waals surface area contributed by atoms with Crippen molar-refractivity contribution in [2.24, 2.45) is 0 Å². The maximum absolute atomic E-state index is 12.2. The number of carbonyl (C=O) groups is 1. The molecular weight excluding hydrogens is 360 g/mol. The number of benzene rings is 1. The summed E-state index contributed by atoms with van der Waals surface area (Å²) in [4.78, 5) is 29.6. The number of ether oxygens (including phenoxy) is 2. The van der Waals surface area contributed by atoms with Crippen LogP contribution in [0.1, 0.15) is 18.7 Å². The van der Waals surface area contributed by atoms with Gasteiger partial charge in [0.25, 0.3) is 5.91 Å². The minimum absolute atomic E-state index is 0.120. The van der Waals surface area contributed by atoms with E-state index in [4.69, 9.17) is 9.47 Å². The molecule has 0 radical (unpaired) electrons. The van der Waals surface area contributed by atoms with Gasteiger partial charge in [-0.1, -0.05) is 12.1 Å². The lowest BCUT2D eigenvalue weighted by Crippen LogP contribution is -2.30. The molecule has 1 aliphatic rings. The average Bonchev–Trinajstić information content (AvgIpc) is 3.25. The van der Waals surface area contributed by atoms with Crippen LogP contribution in [0.4, 0.5) is 11.9 Å². The minimum Gasteiger partial charge on any atom is -0.493 e. The quantitative estimate of drug-likeness (QED) is 0.724. The molecule has 3 rings (SSSR count). The first-order valence-corrected chi connectivity index (χ1v) is 9.26. The van der Waals surface area contributed by atoms with Crippen molar-refractivity contribution in [3.63, 3.8) is 0 Å². The van der Waals surface area contributed by atoms with E-state index in [0.29, 0.717) is 29.2 Å². The van der Waals surface area contributed by atoms with Gasteiger partial charge in [0, 0.05) is 27.2 Å². The molecule has 1 aromatic heterocycles. The molecule has 0 unspecified atom stereocenters. The van der Waals surface area contributed by atoms with Crippen molar-refractivity contribution in [3.8, 4) is 11.5 Å². The van der Waals surface area contributed by atoms with Crippen LogP contribution in [0.3, 0.4) is 0 Å². The minimum atomic E-state index is -0.263. The van der Waals surface area contributed by atoms with Gasteiger partial charge >= 0.3 is 0 Å². The van der Waals surface area contributed by atoms with E-state index in [0.717, 1.165) is 25.9 Å². The van der Waals surface area contributed by atoms with Crippen molar-refractivity contribution < 1.29 is 14.3 Å². The Bertz CT molecular complexity index is 808. The lowest BCUT2D eigenvalue weighted by molar-refractivity contribution is -0.123. The Labute approximate surface area is 164 Å². The normalized spacial score (nSPS) is 13.3. The molecule has 1 saturated heterocycles. The molecule has 2 aromatic rings. The molecule has 1 aliphatic heterocycles. The molecule has 1 aromatic carbocycles. The zero-order valence-electron chi connectivity index (χ0n) is 16.5. The van der Waals surface area contributed by atoms with E-state index in [2.05, 4.69) is 25.2 Å². The van der Waals surface area contributed by atoms with Crippen LogP contribution in [0, 0.1) is 0 Å². The summed E-state index contributed by atoms with van der Waals surface area (Å²) >= 11 is 0. The number of methoxy groups -OCH3 is 1. The molecule has 1 amide bonds. The molecule has 9 nitrogen and oxygen atoms in total. The first-order valence-electron chi connectivity index (χ1n) is 9.26. The molecule has 2 heterocycles. The number of aromatic nitrogens is 3. The molecule has 28 heavy (non-hydrogen) atoms. The molecule has 0 bridgehead atoms. The Kier molecular flexibility index (Phi) is 6.46. The predicted molar refractivity (Wildman–Crippen MR) is 106 cm³/mol. The van der Waals surface area contributed by atoms with Gasteiger partial charge < -0.3 is 24.6 Å². The summed E-state index contributed by atoms with van der Waals surface area (Å²) < 4.78 is 10.7. The second-order valence-electron chi connectivity index (χ2n) is 6.66. The Balaban J connectivity index is 1.60. The fourth-order valence-corrected chi connectivity index (χ4v) is 2.84. The SMILES string of the molecule is COc1ccccc1OCC(=O)NCc1nc(N(C)C)nc(N2CCCC2)n1. The number of hydrogen-bond donors (Lipinski definition) is 1. The first kappa shape index (κ1) is 19.7. The number of rotatable bonds is 8. The van der Waals surface area contributed by atoms with Crippen LogP contribution in [0.15, 0.2) is 24.3 Å². The van der Waals surface area contributed by atoms with Crippen LogP contribution >= 0.6 is 0 Å². The molecule has 150 valence electrons. The van der Waals surface area contributed by atoms with E-state index < -0.39 is 0 Å². The van der Waals surface area contributed by atoms with Gasteiger partial charge in [-0.2, -0.15) is 15.0 Å². The Hall–Kier alpha value is -3.10. The summed E-state index contributed by atoms with van der Waals surface area (Å²) in [6.07, 6.45) is 2.27. The lowest BCUT2D eigenvalue weighted by atomic mass is 10.3. The summed E-state index contributed by atoms with van der Waals surface area (Å²) in [6.45, 7) is 1.97. The Morgan fingerprint density at radius 2 is 1.86 bits per heavy atom. The van der Waals surface area contributed by atoms with Crippen LogP contribution < -0.4 is 24.6 Å². The maximum atomic E-state index is 12.2. The molecule has 0 saturated carbocycles. The van der Waals surface area contributed by atoms with Crippen molar-refractivity contribution >= 4 is 17.8 Å². The third kappa shape index (κ3) is 4.99. The highest BCUT2D eigenvalue weighted by molar-refractivity contribution is 5.77. The molecule has 0 atom stereocenters. The molecule has 0 aliphatic carbocycles. The highest BCUT2D eigenvalue weighted by Crippen LogP contribution is 2.25. The maximum Gasteiger partial charge on any atom is 0.258 e. The van der Waals surface area contributed by atoms with Crippen LogP contribution in [0.2, 0.25) is 0 Å². The van der Waals surface area contributed by atoms with Gasteiger partial charge in [-0.15, -0.1) is 0 Å². The first-order chi connectivity index (χ1) is 13.6. The van der Waals surface area contributed by atoms with E-state index in [9.17, 15) is 4.79 Å². The van der Waals surface area contributed by atoms with Crippen molar-refractivity contribution in [1.29, 1.82) is 0 Å². The van der Waals surface area contributed by atoms with Crippen molar-refractivity contribution in [2.45, 2.75) is 19.4 Å². The molecule has 1 fully saturated rings. The zero-order valence-corrected chi connectivity index (χ0v) is 16.5.